The van der Waals surface area contributed by atoms with Crippen LogP contribution >= 0.6 is 0 Å². The van der Waals surface area contributed by atoms with Gasteiger partial charge in [-0.15, -0.1) is 0 Å². The second kappa shape index (κ2) is 5.96. The summed E-state index contributed by atoms with van der Waals surface area (Å²) in [7, 11) is -3.69. The number of rotatable bonds is 3. The first-order chi connectivity index (χ1) is 10.5. The summed E-state index contributed by atoms with van der Waals surface area (Å²) in [5.74, 6) is -0.818. The highest BCUT2D eigenvalue weighted by atomic mass is 32.2. The van der Waals surface area contributed by atoms with Gasteiger partial charge in [-0.05, 0) is 35.6 Å². The minimum Gasteiger partial charge on any atom is -0.312 e. The lowest BCUT2D eigenvalue weighted by atomic mass is 10.0. The van der Waals surface area contributed by atoms with Crippen molar-refractivity contribution in [2.45, 2.75) is 34.1 Å². The molecule has 0 spiro atoms. The van der Waals surface area contributed by atoms with Crippen LogP contribution in [-0.4, -0.2) is 32.5 Å². The van der Waals surface area contributed by atoms with E-state index in [0.717, 1.165) is 11.3 Å². The van der Waals surface area contributed by atoms with Gasteiger partial charge >= 0.3 is 0 Å². The molecule has 2 amide bonds. The second-order valence-corrected chi connectivity index (χ2v) is 8.74. The van der Waals surface area contributed by atoms with Crippen LogP contribution in [-0.2, 0) is 21.2 Å². The zero-order valence-electron chi connectivity index (χ0n) is 13.8. The molecular weight excluding hydrogens is 316 g/mol. The lowest BCUT2D eigenvalue weighted by molar-refractivity contribution is -0.116. The Kier molecular flexibility index (Phi) is 4.52. The Morgan fingerprint density at radius 1 is 1.26 bits per heavy atom. The van der Waals surface area contributed by atoms with Gasteiger partial charge in [-0.2, -0.15) is 0 Å². The molecule has 0 unspecified atom stereocenters. The van der Waals surface area contributed by atoms with Gasteiger partial charge in [-0.1, -0.05) is 20.8 Å². The van der Waals surface area contributed by atoms with Crippen LogP contribution in [0.25, 0.3) is 0 Å². The van der Waals surface area contributed by atoms with E-state index in [-0.39, 0.29) is 17.2 Å². The quantitative estimate of drug-likeness (QED) is 0.909. The van der Waals surface area contributed by atoms with Gasteiger partial charge in [0.25, 0.3) is 5.91 Å². The van der Waals surface area contributed by atoms with E-state index < -0.39 is 21.3 Å². The second-order valence-electron chi connectivity index (χ2n) is 7.02. The normalized spacial score (nSPS) is 14.5. The van der Waals surface area contributed by atoms with Crippen LogP contribution in [0.15, 0.2) is 18.2 Å². The van der Waals surface area contributed by atoms with E-state index in [1.165, 1.54) is 6.92 Å². The third-order valence-electron chi connectivity index (χ3n) is 3.49. The Labute approximate surface area is 136 Å². The van der Waals surface area contributed by atoms with Gasteiger partial charge in [0.05, 0.1) is 5.75 Å². The number of carbonyl (C=O) groups is 2. The molecule has 0 bridgehead atoms. The van der Waals surface area contributed by atoms with Gasteiger partial charge in [-0.3, -0.25) is 9.59 Å². The fourth-order valence-electron chi connectivity index (χ4n) is 2.68. The molecule has 1 aliphatic rings. The fourth-order valence-corrected chi connectivity index (χ4v) is 4.29. The van der Waals surface area contributed by atoms with Gasteiger partial charge in [0.15, 0.2) is 0 Å². The lowest BCUT2D eigenvalue weighted by Gasteiger charge is -2.18. The summed E-state index contributed by atoms with van der Waals surface area (Å²) in [6.45, 7) is 7.46. The molecule has 1 N–H and O–H groups in total. The van der Waals surface area contributed by atoms with E-state index in [4.69, 9.17) is 0 Å². The summed E-state index contributed by atoms with van der Waals surface area (Å²) in [5, 5.41) is 0. The summed E-state index contributed by atoms with van der Waals surface area (Å²) in [4.78, 5) is 25.4. The molecule has 6 nitrogen and oxygen atoms in total. The maximum atomic E-state index is 12.2. The molecule has 0 radical (unpaired) electrons. The number of nitrogens with one attached hydrogen (secondary N) is 1. The number of fused-ring (bicyclic) bond motifs is 1. The summed E-state index contributed by atoms with van der Waals surface area (Å²) in [6.07, 6.45) is 0.658. The predicted octanol–water partition coefficient (Wildman–Crippen LogP) is 1.70. The van der Waals surface area contributed by atoms with Crippen LogP contribution in [0.2, 0.25) is 0 Å². The van der Waals surface area contributed by atoms with Crippen molar-refractivity contribution in [3.05, 3.63) is 29.3 Å². The summed E-state index contributed by atoms with van der Waals surface area (Å²) in [6, 6.07) is 4.89. The topological polar surface area (TPSA) is 83.6 Å². The third kappa shape index (κ3) is 4.31. The molecule has 7 heteroatoms. The van der Waals surface area contributed by atoms with Crippen molar-refractivity contribution in [2.75, 3.05) is 17.2 Å². The number of nitrogens with zero attached hydrogens (tertiary/aromatic N) is 1. The Balaban J connectivity index is 2.18. The first-order valence-electron chi connectivity index (χ1n) is 7.44. The average Bonchev–Trinajstić information content (AvgIpc) is 2.77. The molecule has 0 aliphatic carbocycles. The zero-order chi connectivity index (χ0) is 17.4. The number of carbonyl (C=O) groups excluding carboxylic acids is 2. The summed E-state index contributed by atoms with van der Waals surface area (Å²) in [5.41, 5.74) is 1.51. The van der Waals surface area contributed by atoms with Gasteiger partial charge in [0.2, 0.25) is 15.9 Å². The number of hydrogen-bond donors (Lipinski definition) is 1. The largest absolute Gasteiger partial charge is 0.312 e. The maximum absolute atomic E-state index is 12.2. The van der Waals surface area contributed by atoms with Crippen LogP contribution in [0.1, 0.15) is 43.6 Å². The van der Waals surface area contributed by atoms with Crippen molar-refractivity contribution in [3.63, 3.8) is 0 Å². The predicted molar refractivity (Wildman–Crippen MR) is 88.9 cm³/mol. The van der Waals surface area contributed by atoms with Gasteiger partial charge < -0.3 is 4.90 Å². The molecule has 0 fully saturated rings. The van der Waals surface area contributed by atoms with Gasteiger partial charge in [0, 0.05) is 24.7 Å². The van der Waals surface area contributed by atoms with E-state index in [0.29, 0.717) is 13.0 Å². The van der Waals surface area contributed by atoms with E-state index in [1.807, 2.05) is 0 Å². The van der Waals surface area contributed by atoms with Gasteiger partial charge in [-0.25, -0.2) is 13.1 Å². The van der Waals surface area contributed by atoms with Crippen molar-refractivity contribution in [1.82, 2.24) is 4.72 Å². The number of benzene rings is 1. The van der Waals surface area contributed by atoms with Gasteiger partial charge in [0.1, 0.15) is 0 Å². The van der Waals surface area contributed by atoms with Crippen LogP contribution in [0, 0.1) is 5.41 Å². The zero-order valence-corrected chi connectivity index (χ0v) is 14.7. The molecule has 1 heterocycles. The Morgan fingerprint density at radius 2 is 1.91 bits per heavy atom. The highest BCUT2D eigenvalue weighted by Crippen LogP contribution is 2.29. The van der Waals surface area contributed by atoms with Crippen molar-refractivity contribution in [2.24, 2.45) is 5.41 Å². The molecule has 0 saturated carbocycles. The monoisotopic (exact) mass is 338 g/mol. The van der Waals surface area contributed by atoms with E-state index in [9.17, 15) is 18.0 Å². The standard InChI is InChI=1S/C16H22N2O4S/c1-11(19)18-8-7-12-9-13(5-6-14(12)18)15(20)17-23(21,22)10-16(2,3)4/h5-6,9H,7-8,10H2,1-4H3,(H,17,20). The minimum atomic E-state index is -3.69. The first-order valence-corrected chi connectivity index (χ1v) is 9.10. The molecule has 1 aliphatic heterocycles. The number of anilines is 1. The van der Waals surface area contributed by atoms with Crippen molar-refractivity contribution in [3.8, 4) is 0 Å². The third-order valence-corrected chi connectivity index (χ3v) is 5.23. The van der Waals surface area contributed by atoms with Crippen molar-refractivity contribution < 1.29 is 18.0 Å². The molecule has 2 rings (SSSR count). The average molecular weight is 338 g/mol. The molecule has 23 heavy (non-hydrogen) atoms. The Hall–Kier alpha value is -1.89. The van der Waals surface area contributed by atoms with Crippen molar-refractivity contribution in [1.29, 1.82) is 0 Å². The SMILES string of the molecule is CC(=O)N1CCc2cc(C(=O)NS(=O)(=O)CC(C)(C)C)ccc21. The number of sulfonamides is 1. The fraction of sp³-hybridized carbons (Fsp3) is 0.500. The van der Waals surface area contributed by atoms with Crippen molar-refractivity contribution >= 4 is 27.5 Å². The molecule has 1 aromatic carbocycles. The van der Waals surface area contributed by atoms with Crippen LogP contribution in [0.4, 0.5) is 5.69 Å². The van der Waals surface area contributed by atoms with E-state index >= 15 is 0 Å². The number of hydrogen-bond acceptors (Lipinski definition) is 4. The highest BCUT2D eigenvalue weighted by Gasteiger charge is 2.26. The number of amides is 2. The first kappa shape index (κ1) is 17.5. The van der Waals surface area contributed by atoms with E-state index in [2.05, 4.69) is 4.72 Å². The minimum absolute atomic E-state index is 0.0475. The highest BCUT2D eigenvalue weighted by molar-refractivity contribution is 7.90. The van der Waals surface area contributed by atoms with E-state index in [1.54, 1.807) is 43.9 Å². The van der Waals surface area contributed by atoms with Crippen LogP contribution in [0.3, 0.4) is 0 Å². The molecule has 126 valence electrons. The molecule has 1 aromatic rings. The Bertz CT molecular complexity index is 748. The lowest BCUT2D eigenvalue weighted by Crippen LogP contribution is -2.36. The molecular formula is C16H22N2O4S. The van der Waals surface area contributed by atoms with Crippen LogP contribution < -0.4 is 9.62 Å². The van der Waals surface area contributed by atoms with Crippen LogP contribution in [0.5, 0.6) is 0 Å². The summed E-state index contributed by atoms with van der Waals surface area (Å²) < 4.78 is 26.1. The molecule has 0 saturated heterocycles. The maximum Gasteiger partial charge on any atom is 0.264 e. The molecule has 0 atom stereocenters. The smallest absolute Gasteiger partial charge is 0.264 e. The summed E-state index contributed by atoms with van der Waals surface area (Å²) >= 11 is 0. The molecule has 0 aromatic heterocycles. The Morgan fingerprint density at radius 3 is 2.48 bits per heavy atom.